The van der Waals surface area contributed by atoms with Crippen LogP contribution >= 0.6 is 11.6 Å². The topological polar surface area (TPSA) is 61.8 Å². The molecule has 6 heteroatoms. The van der Waals surface area contributed by atoms with Crippen molar-refractivity contribution >= 4 is 29.4 Å². The van der Waals surface area contributed by atoms with Gasteiger partial charge >= 0.3 is 5.97 Å². The molecule has 23 heavy (non-hydrogen) atoms. The maximum absolute atomic E-state index is 11.6. The molecule has 0 amide bonds. The van der Waals surface area contributed by atoms with Gasteiger partial charge in [0, 0.05) is 12.5 Å². The molecular weight excluding hydrogens is 320 g/mol. The van der Waals surface area contributed by atoms with E-state index in [9.17, 15) is 9.59 Å². The molecule has 0 saturated heterocycles. The number of carbonyl (C=O) groups is 2. The fraction of sp³-hybridized carbons (Fsp3) is 0.412. The average Bonchev–Trinajstić information content (AvgIpc) is 2.52. The molecule has 0 N–H and O–H groups in total. The lowest BCUT2D eigenvalue weighted by atomic mass is 10.2. The van der Waals surface area contributed by atoms with Crippen LogP contribution in [0.4, 0.5) is 0 Å². The van der Waals surface area contributed by atoms with E-state index >= 15 is 0 Å². The summed E-state index contributed by atoms with van der Waals surface area (Å²) in [4.78, 5) is 22.4. The maximum Gasteiger partial charge on any atom is 0.330 e. The zero-order valence-corrected chi connectivity index (χ0v) is 13.7. The Hall–Kier alpha value is -2.01. The lowest BCUT2D eigenvalue weighted by Gasteiger charge is -2.19. The third-order valence-corrected chi connectivity index (χ3v) is 3.48. The highest BCUT2D eigenvalue weighted by atomic mass is 35.5. The van der Waals surface area contributed by atoms with E-state index in [0.717, 1.165) is 12.0 Å². The molecule has 0 saturated carbocycles. The van der Waals surface area contributed by atoms with E-state index in [2.05, 4.69) is 0 Å². The minimum atomic E-state index is -0.432. The first kappa shape index (κ1) is 17.3. The zero-order chi connectivity index (χ0) is 16.7. The van der Waals surface area contributed by atoms with Gasteiger partial charge in [-0.1, -0.05) is 11.6 Å². The number of benzene rings is 1. The van der Waals surface area contributed by atoms with Crippen molar-refractivity contribution in [1.29, 1.82) is 0 Å². The molecule has 2 rings (SSSR count). The minimum absolute atomic E-state index is 0.145. The molecule has 124 valence electrons. The molecule has 0 fully saturated rings. The van der Waals surface area contributed by atoms with Crippen LogP contribution in [-0.2, 0) is 14.3 Å². The Kier molecular flexibility index (Phi) is 6.47. The first-order chi connectivity index (χ1) is 11.1. The summed E-state index contributed by atoms with van der Waals surface area (Å²) in [5, 5.41) is 0.444. The second-order valence-electron chi connectivity index (χ2n) is 5.19. The van der Waals surface area contributed by atoms with E-state index in [1.165, 1.54) is 6.08 Å². The summed E-state index contributed by atoms with van der Waals surface area (Å²) in [5.41, 5.74) is 0.729. The van der Waals surface area contributed by atoms with Gasteiger partial charge in [0.1, 0.15) is 19.0 Å². The van der Waals surface area contributed by atoms with E-state index in [1.54, 1.807) is 25.1 Å². The summed E-state index contributed by atoms with van der Waals surface area (Å²) >= 11 is 6.12. The second kappa shape index (κ2) is 8.58. The van der Waals surface area contributed by atoms with Crippen LogP contribution in [0.3, 0.4) is 0 Å². The first-order valence-electron chi connectivity index (χ1n) is 7.49. The van der Waals surface area contributed by atoms with Crippen molar-refractivity contribution in [3.63, 3.8) is 0 Å². The number of esters is 1. The summed E-state index contributed by atoms with van der Waals surface area (Å²) in [6, 6.07) is 3.46. The zero-order valence-electron chi connectivity index (χ0n) is 13.0. The van der Waals surface area contributed by atoms with Crippen molar-refractivity contribution < 1.29 is 23.8 Å². The van der Waals surface area contributed by atoms with Crippen LogP contribution in [0.1, 0.15) is 31.7 Å². The van der Waals surface area contributed by atoms with Gasteiger partial charge in [-0.2, -0.15) is 0 Å². The Morgan fingerprint density at radius 3 is 2.83 bits per heavy atom. The Labute approximate surface area is 140 Å². The van der Waals surface area contributed by atoms with E-state index in [1.807, 2.05) is 0 Å². The van der Waals surface area contributed by atoms with E-state index in [-0.39, 0.29) is 5.78 Å². The SMILES string of the molecule is CC(=O)CCCCOC(=O)C=Cc1cc(Cl)c2c(c1)OCCO2. The predicted molar refractivity (Wildman–Crippen MR) is 87.0 cm³/mol. The van der Waals surface area contributed by atoms with Crippen molar-refractivity contribution in [3.05, 3.63) is 28.8 Å². The molecular formula is C17H19ClO5. The molecule has 1 aromatic rings. The molecule has 1 heterocycles. The molecule has 0 bridgehead atoms. The summed E-state index contributed by atoms with van der Waals surface area (Å²) in [6.45, 7) is 2.79. The monoisotopic (exact) mass is 338 g/mol. The fourth-order valence-electron chi connectivity index (χ4n) is 2.09. The number of ether oxygens (including phenoxy) is 3. The largest absolute Gasteiger partial charge is 0.486 e. The Bertz CT molecular complexity index is 609. The van der Waals surface area contributed by atoms with Gasteiger partial charge in [0.2, 0.25) is 0 Å². The van der Waals surface area contributed by atoms with Crippen molar-refractivity contribution in [2.75, 3.05) is 19.8 Å². The maximum atomic E-state index is 11.6. The van der Waals surface area contributed by atoms with E-state index in [4.69, 9.17) is 25.8 Å². The van der Waals surface area contributed by atoms with E-state index in [0.29, 0.717) is 49.2 Å². The number of unbranched alkanes of at least 4 members (excludes halogenated alkanes) is 1. The summed E-state index contributed by atoms with van der Waals surface area (Å²) in [6.07, 6.45) is 4.87. The number of Topliss-reactive ketones (excluding diaryl/α,β-unsaturated/α-hetero) is 1. The van der Waals surface area contributed by atoms with Crippen LogP contribution in [-0.4, -0.2) is 31.6 Å². The van der Waals surface area contributed by atoms with Crippen molar-refractivity contribution in [1.82, 2.24) is 0 Å². The highest BCUT2D eigenvalue weighted by molar-refractivity contribution is 6.32. The number of hydrogen-bond donors (Lipinski definition) is 0. The molecule has 1 aromatic carbocycles. The van der Waals surface area contributed by atoms with Gasteiger partial charge in [-0.15, -0.1) is 0 Å². The molecule has 1 aliphatic rings. The molecule has 0 aliphatic carbocycles. The number of ketones is 1. The van der Waals surface area contributed by atoms with Gasteiger partial charge in [-0.25, -0.2) is 4.79 Å². The summed E-state index contributed by atoms with van der Waals surface area (Å²) < 4.78 is 16.0. The normalized spacial score (nSPS) is 13.1. The third kappa shape index (κ3) is 5.60. The average molecular weight is 339 g/mol. The van der Waals surface area contributed by atoms with Crippen LogP contribution in [0.15, 0.2) is 18.2 Å². The molecule has 1 aliphatic heterocycles. The predicted octanol–water partition coefficient (Wildman–Crippen LogP) is 3.43. The van der Waals surface area contributed by atoms with Gasteiger partial charge in [-0.05, 0) is 43.5 Å². The van der Waals surface area contributed by atoms with Crippen molar-refractivity contribution in [2.45, 2.75) is 26.2 Å². The summed E-state index contributed by atoms with van der Waals surface area (Å²) in [7, 11) is 0. The molecule has 0 aromatic heterocycles. The quantitative estimate of drug-likeness (QED) is 0.433. The van der Waals surface area contributed by atoms with Crippen LogP contribution < -0.4 is 9.47 Å². The van der Waals surface area contributed by atoms with Gasteiger partial charge in [-0.3, -0.25) is 0 Å². The fourth-order valence-corrected chi connectivity index (χ4v) is 2.36. The van der Waals surface area contributed by atoms with Crippen LogP contribution in [0.25, 0.3) is 6.08 Å². The Morgan fingerprint density at radius 2 is 2.04 bits per heavy atom. The summed E-state index contributed by atoms with van der Waals surface area (Å²) in [5.74, 6) is 0.815. The van der Waals surface area contributed by atoms with Gasteiger partial charge in [0.15, 0.2) is 11.5 Å². The van der Waals surface area contributed by atoms with Gasteiger partial charge in [0.05, 0.1) is 11.6 Å². The van der Waals surface area contributed by atoms with Crippen molar-refractivity contribution in [3.8, 4) is 11.5 Å². The Balaban J connectivity index is 1.84. The number of carbonyl (C=O) groups excluding carboxylic acids is 2. The lowest BCUT2D eigenvalue weighted by Crippen LogP contribution is -2.15. The molecule has 0 atom stereocenters. The third-order valence-electron chi connectivity index (χ3n) is 3.20. The minimum Gasteiger partial charge on any atom is -0.486 e. The lowest BCUT2D eigenvalue weighted by molar-refractivity contribution is -0.137. The molecule has 0 unspecified atom stereocenters. The smallest absolute Gasteiger partial charge is 0.330 e. The van der Waals surface area contributed by atoms with Gasteiger partial charge < -0.3 is 19.0 Å². The van der Waals surface area contributed by atoms with Crippen LogP contribution in [0.5, 0.6) is 11.5 Å². The van der Waals surface area contributed by atoms with Gasteiger partial charge in [0.25, 0.3) is 0 Å². The molecule has 0 spiro atoms. The first-order valence-corrected chi connectivity index (χ1v) is 7.87. The number of hydrogen-bond acceptors (Lipinski definition) is 5. The van der Waals surface area contributed by atoms with Crippen molar-refractivity contribution in [2.24, 2.45) is 0 Å². The highest BCUT2D eigenvalue weighted by Gasteiger charge is 2.15. The number of rotatable bonds is 7. The number of halogens is 1. The Morgan fingerprint density at radius 1 is 1.26 bits per heavy atom. The standard InChI is InChI=1S/C17H19ClO5/c1-12(19)4-2-3-7-22-16(20)6-5-13-10-14(18)17-15(11-13)21-8-9-23-17/h5-6,10-11H,2-4,7-9H2,1H3. The molecule has 0 radical (unpaired) electrons. The van der Waals surface area contributed by atoms with E-state index < -0.39 is 5.97 Å². The second-order valence-corrected chi connectivity index (χ2v) is 5.59. The highest BCUT2D eigenvalue weighted by Crippen LogP contribution is 2.38. The van der Waals surface area contributed by atoms with Crippen LogP contribution in [0, 0.1) is 0 Å². The molecule has 5 nitrogen and oxygen atoms in total. The van der Waals surface area contributed by atoms with Crippen LogP contribution in [0.2, 0.25) is 5.02 Å². The number of fused-ring (bicyclic) bond motifs is 1.